The Hall–Kier alpha value is -1.33. The molecular formula is C18H30N2O3. The molecule has 0 aromatic carbocycles. The Balaban J connectivity index is 1.94. The summed E-state index contributed by atoms with van der Waals surface area (Å²) in [4.78, 5) is 13.4. The van der Waals surface area contributed by atoms with Crippen LogP contribution >= 0.6 is 0 Å². The highest BCUT2D eigenvalue weighted by molar-refractivity contribution is 5.78. The summed E-state index contributed by atoms with van der Waals surface area (Å²) in [6.07, 6.45) is 1.81. The van der Waals surface area contributed by atoms with Crippen molar-refractivity contribution in [2.24, 2.45) is 5.41 Å². The number of aliphatic hydroxyl groups is 1. The monoisotopic (exact) mass is 322 g/mol. The number of carbonyl (C=O) groups excluding carboxylic acids is 1. The molecule has 0 bridgehead atoms. The van der Waals surface area contributed by atoms with Gasteiger partial charge < -0.3 is 19.7 Å². The molecule has 1 aromatic heterocycles. The maximum Gasteiger partial charge on any atom is 0.222 e. The number of hydrogen-bond acceptors (Lipinski definition) is 4. The summed E-state index contributed by atoms with van der Waals surface area (Å²) in [7, 11) is 0. The number of furan rings is 1. The first kappa shape index (κ1) is 18.0. The fourth-order valence-electron chi connectivity index (χ4n) is 3.04. The van der Waals surface area contributed by atoms with E-state index in [1.54, 1.807) is 4.90 Å². The number of β-amino-alcohol motifs (C(OH)–C–C–N with tert-alkyl or cyclic N) is 1. The summed E-state index contributed by atoms with van der Waals surface area (Å²) < 4.78 is 5.90. The van der Waals surface area contributed by atoms with Gasteiger partial charge in [0.1, 0.15) is 11.5 Å². The van der Waals surface area contributed by atoms with Gasteiger partial charge in [-0.2, -0.15) is 0 Å². The molecule has 2 N–H and O–H groups in total. The zero-order valence-electron chi connectivity index (χ0n) is 14.8. The van der Waals surface area contributed by atoms with Crippen LogP contribution in [-0.2, 0) is 11.2 Å². The zero-order chi connectivity index (χ0) is 17.0. The van der Waals surface area contributed by atoms with Crippen LogP contribution in [0.1, 0.15) is 58.1 Å². The highest BCUT2D eigenvalue weighted by Gasteiger charge is 2.30. The minimum atomic E-state index is -0.567. The second-order valence-corrected chi connectivity index (χ2v) is 7.46. The molecule has 0 aliphatic carbocycles. The normalized spacial score (nSPS) is 18.5. The number of aliphatic hydroxyl groups excluding tert-OH is 1. The van der Waals surface area contributed by atoms with E-state index in [1.807, 2.05) is 12.1 Å². The molecule has 5 nitrogen and oxygen atoms in total. The topological polar surface area (TPSA) is 65.7 Å². The average Bonchev–Trinajstić information content (AvgIpc) is 3.08. The van der Waals surface area contributed by atoms with Crippen LogP contribution < -0.4 is 5.32 Å². The van der Waals surface area contributed by atoms with Gasteiger partial charge in [-0.25, -0.2) is 0 Å². The summed E-state index contributed by atoms with van der Waals surface area (Å²) in [5, 5.41) is 13.7. The molecule has 1 aliphatic rings. The van der Waals surface area contributed by atoms with E-state index in [9.17, 15) is 9.90 Å². The van der Waals surface area contributed by atoms with Crippen LogP contribution in [0, 0.1) is 5.41 Å². The highest BCUT2D eigenvalue weighted by atomic mass is 16.3. The van der Waals surface area contributed by atoms with Crippen molar-refractivity contribution in [3.63, 3.8) is 0 Å². The van der Waals surface area contributed by atoms with E-state index in [2.05, 4.69) is 33.0 Å². The highest BCUT2D eigenvalue weighted by Crippen LogP contribution is 2.33. The number of aryl methyl sites for hydroxylation is 1. The number of hydrogen-bond donors (Lipinski definition) is 2. The second-order valence-electron chi connectivity index (χ2n) is 7.46. The SMILES string of the molecule is CCc1ccc(C(NCC(O)CN2CCCC2=O)C(C)(C)C)o1. The molecule has 0 saturated carbocycles. The smallest absolute Gasteiger partial charge is 0.222 e. The van der Waals surface area contributed by atoms with E-state index in [1.165, 1.54) is 0 Å². The first-order valence-electron chi connectivity index (χ1n) is 8.59. The van der Waals surface area contributed by atoms with Gasteiger partial charge in [0.05, 0.1) is 12.1 Å². The molecule has 2 atom stereocenters. The molecule has 1 saturated heterocycles. The van der Waals surface area contributed by atoms with Crippen molar-refractivity contribution in [2.45, 2.75) is 59.1 Å². The number of likely N-dealkylation sites (tertiary alicyclic amines) is 1. The summed E-state index contributed by atoms with van der Waals surface area (Å²) >= 11 is 0. The van der Waals surface area contributed by atoms with Crippen molar-refractivity contribution in [1.82, 2.24) is 10.2 Å². The minimum absolute atomic E-state index is 0.0201. The lowest BCUT2D eigenvalue weighted by Gasteiger charge is -2.31. The van der Waals surface area contributed by atoms with Gasteiger partial charge in [0.15, 0.2) is 0 Å². The van der Waals surface area contributed by atoms with Crippen LogP contribution in [0.4, 0.5) is 0 Å². The molecule has 1 amide bonds. The molecule has 0 spiro atoms. The van der Waals surface area contributed by atoms with Crippen molar-refractivity contribution in [1.29, 1.82) is 0 Å². The lowest BCUT2D eigenvalue weighted by molar-refractivity contribution is -0.128. The Morgan fingerprint density at radius 1 is 1.39 bits per heavy atom. The number of carbonyl (C=O) groups is 1. The van der Waals surface area contributed by atoms with Gasteiger partial charge in [0.2, 0.25) is 5.91 Å². The molecular weight excluding hydrogens is 292 g/mol. The van der Waals surface area contributed by atoms with Crippen LogP contribution in [0.15, 0.2) is 16.5 Å². The Kier molecular flexibility index (Phi) is 5.87. The van der Waals surface area contributed by atoms with E-state index in [0.717, 1.165) is 30.9 Å². The number of amides is 1. The lowest BCUT2D eigenvalue weighted by atomic mass is 9.85. The van der Waals surface area contributed by atoms with Crippen molar-refractivity contribution in [3.8, 4) is 0 Å². The molecule has 130 valence electrons. The van der Waals surface area contributed by atoms with Crippen molar-refractivity contribution in [3.05, 3.63) is 23.7 Å². The summed E-state index contributed by atoms with van der Waals surface area (Å²) in [6.45, 7) is 10.1. The molecule has 2 heterocycles. The molecule has 1 fully saturated rings. The first-order valence-corrected chi connectivity index (χ1v) is 8.59. The van der Waals surface area contributed by atoms with Crippen molar-refractivity contribution < 1.29 is 14.3 Å². The Morgan fingerprint density at radius 2 is 2.13 bits per heavy atom. The van der Waals surface area contributed by atoms with Gasteiger partial charge in [-0.3, -0.25) is 4.79 Å². The Morgan fingerprint density at radius 3 is 2.65 bits per heavy atom. The third kappa shape index (κ3) is 4.82. The number of nitrogens with zero attached hydrogens (tertiary/aromatic N) is 1. The average molecular weight is 322 g/mol. The summed E-state index contributed by atoms with van der Waals surface area (Å²) in [6, 6.07) is 4.04. The fourth-order valence-corrected chi connectivity index (χ4v) is 3.04. The van der Waals surface area contributed by atoms with Crippen LogP contribution in [0.5, 0.6) is 0 Å². The molecule has 23 heavy (non-hydrogen) atoms. The van der Waals surface area contributed by atoms with Gasteiger partial charge >= 0.3 is 0 Å². The predicted molar refractivity (Wildman–Crippen MR) is 90.1 cm³/mol. The molecule has 0 radical (unpaired) electrons. The van der Waals surface area contributed by atoms with Gasteiger partial charge in [-0.05, 0) is 24.0 Å². The predicted octanol–water partition coefficient (Wildman–Crippen LogP) is 2.50. The molecule has 1 aromatic rings. The van der Waals surface area contributed by atoms with Crippen LogP contribution in [-0.4, -0.2) is 41.7 Å². The van der Waals surface area contributed by atoms with Crippen molar-refractivity contribution in [2.75, 3.05) is 19.6 Å². The third-order valence-corrected chi connectivity index (χ3v) is 4.34. The van der Waals surface area contributed by atoms with E-state index in [0.29, 0.717) is 19.5 Å². The van der Waals surface area contributed by atoms with Gasteiger partial charge in [-0.1, -0.05) is 27.7 Å². The number of nitrogens with one attached hydrogen (secondary N) is 1. The van der Waals surface area contributed by atoms with Crippen LogP contribution in [0.3, 0.4) is 0 Å². The van der Waals surface area contributed by atoms with Gasteiger partial charge in [0, 0.05) is 32.5 Å². The van der Waals surface area contributed by atoms with E-state index in [-0.39, 0.29) is 17.4 Å². The zero-order valence-corrected chi connectivity index (χ0v) is 14.8. The standard InChI is InChI=1S/C18H30N2O3/c1-5-14-8-9-15(23-14)17(18(2,3)4)19-11-13(21)12-20-10-6-7-16(20)22/h8-9,13,17,19,21H,5-7,10-12H2,1-4H3. The van der Waals surface area contributed by atoms with E-state index in [4.69, 9.17) is 4.42 Å². The Labute approximate surface area is 139 Å². The largest absolute Gasteiger partial charge is 0.464 e. The maximum absolute atomic E-state index is 11.6. The van der Waals surface area contributed by atoms with Crippen LogP contribution in [0.2, 0.25) is 0 Å². The fraction of sp³-hybridized carbons (Fsp3) is 0.722. The maximum atomic E-state index is 11.6. The molecule has 2 rings (SSSR count). The number of rotatable bonds is 7. The van der Waals surface area contributed by atoms with Gasteiger partial charge in [0.25, 0.3) is 0 Å². The summed E-state index contributed by atoms with van der Waals surface area (Å²) in [5.41, 5.74) is -0.0357. The molecule has 2 unspecified atom stereocenters. The third-order valence-electron chi connectivity index (χ3n) is 4.34. The van der Waals surface area contributed by atoms with E-state index < -0.39 is 6.10 Å². The quantitative estimate of drug-likeness (QED) is 0.809. The van der Waals surface area contributed by atoms with Crippen molar-refractivity contribution >= 4 is 5.91 Å². The first-order chi connectivity index (χ1) is 10.8. The Bertz CT molecular complexity index is 519. The van der Waals surface area contributed by atoms with Crippen LogP contribution in [0.25, 0.3) is 0 Å². The molecule has 1 aliphatic heterocycles. The second kappa shape index (κ2) is 7.49. The van der Waals surface area contributed by atoms with Gasteiger partial charge in [-0.15, -0.1) is 0 Å². The summed E-state index contributed by atoms with van der Waals surface area (Å²) in [5.74, 6) is 2.02. The lowest BCUT2D eigenvalue weighted by Crippen LogP contribution is -2.42. The minimum Gasteiger partial charge on any atom is -0.464 e. The molecule has 5 heteroatoms. The van der Waals surface area contributed by atoms with E-state index >= 15 is 0 Å².